The Hall–Kier alpha value is -2.04. The van der Waals surface area contributed by atoms with Crippen molar-refractivity contribution in [3.05, 3.63) is 22.8 Å². The van der Waals surface area contributed by atoms with Gasteiger partial charge in [-0.25, -0.2) is 0 Å². The van der Waals surface area contributed by atoms with E-state index < -0.39 is 5.79 Å². The summed E-state index contributed by atoms with van der Waals surface area (Å²) in [4.78, 5) is 23.1. The summed E-state index contributed by atoms with van der Waals surface area (Å²) < 4.78 is 11.1. The van der Waals surface area contributed by atoms with Crippen molar-refractivity contribution in [1.82, 2.24) is 0 Å². The summed E-state index contributed by atoms with van der Waals surface area (Å²) in [7, 11) is 0. The zero-order chi connectivity index (χ0) is 14.7. The molecule has 0 unspecified atom stereocenters. The summed E-state index contributed by atoms with van der Waals surface area (Å²) >= 11 is 0. The van der Waals surface area contributed by atoms with Gasteiger partial charge in [-0.05, 0) is 31.9 Å². The van der Waals surface area contributed by atoms with Crippen LogP contribution in [0.5, 0.6) is 11.5 Å². The quantitative estimate of drug-likeness (QED) is 0.628. The molecule has 2 heterocycles. The molecule has 1 saturated heterocycles. The normalized spacial score (nSPS) is 27.4. The summed E-state index contributed by atoms with van der Waals surface area (Å²) in [6.07, 6.45) is 0.726. The molecule has 2 aliphatic heterocycles. The van der Waals surface area contributed by atoms with Crippen molar-refractivity contribution in [3.8, 4) is 11.5 Å². The number of phenolic OH excluding ortho intramolecular Hbond substituents is 1. The molecule has 3 rings (SSSR count). The van der Waals surface area contributed by atoms with Gasteiger partial charge in [-0.2, -0.15) is 0 Å². The number of ketones is 1. The minimum absolute atomic E-state index is 0.0421. The number of hydrogen-bond donors (Lipinski definition) is 1. The molecule has 0 aliphatic carbocycles. The minimum Gasteiger partial charge on any atom is -0.507 e. The van der Waals surface area contributed by atoms with Gasteiger partial charge >= 0.3 is 5.97 Å². The predicted octanol–water partition coefficient (Wildman–Crippen LogP) is 2.12. The lowest BCUT2D eigenvalue weighted by atomic mass is 9.85. The summed E-state index contributed by atoms with van der Waals surface area (Å²) in [5, 5.41) is 10.3. The van der Waals surface area contributed by atoms with E-state index in [0.717, 1.165) is 5.56 Å². The average Bonchev–Trinajstić information content (AvgIpc) is 2.64. The lowest BCUT2D eigenvalue weighted by molar-refractivity contribution is -0.184. The highest BCUT2D eigenvalue weighted by Crippen LogP contribution is 2.48. The Morgan fingerprint density at radius 1 is 1.40 bits per heavy atom. The first-order valence-corrected chi connectivity index (χ1v) is 6.59. The molecule has 20 heavy (non-hydrogen) atoms. The van der Waals surface area contributed by atoms with E-state index in [4.69, 9.17) is 9.47 Å². The molecular weight excluding hydrogens is 260 g/mol. The summed E-state index contributed by atoms with van der Waals surface area (Å²) in [6.45, 7) is 4.96. The predicted molar refractivity (Wildman–Crippen MR) is 69.8 cm³/mol. The van der Waals surface area contributed by atoms with Crippen LogP contribution in [0.3, 0.4) is 0 Å². The molecule has 2 atom stereocenters. The van der Waals surface area contributed by atoms with Crippen LogP contribution in [0.2, 0.25) is 0 Å². The third kappa shape index (κ3) is 1.69. The lowest BCUT2D eigenvalue weighted by Crippen LogP contribution is -2.43. The summed E-state index contributed by atoms with van der Waals surface area (Å²) in [6, 6.07) is 1.61. The van der Waals surface area contributed by atoms with Crippen LogP contribution in [-0.4, -0.2) is 22.6 Å². The molecule has 5 heteroatoms. The van der Waals surface area contributed by atoms with Crippen molar-refractivity contribution in [1.29, 1.82) is 0 Å². The molecule has 5 nitrogen and oxygen atoms in total. The zero-order valence-electron chi connectivity index (χ0n) is 11.6. The first kappa shape index (κ1) is 13.0. The Labute approximate surface area is 116 Å². The maximum atomic E-state index is 11.6. The Morgan fingerprint density at radius 3 is 2.75 bits per heavy atom. The minimum atomic E-state index is -0.973. The summed E-state index contributed by atoms with van der Waals surface area (Å²) in [5.41, 5.74) is 1.64. The van der Waals surface area contributed by atoms with Crippen LogP contribution in [0.15, 0.2) is 6.07 Å². The summed E-state index contributed by atoms with van der Waals surface area (Å²) in [5.74, 6) is -1.14. The van der Waals surface area contributed by atoms with Crippen molar-refractivity contribution in [2.75, 3.05) is 0 Å². The van der Waals surface area contributed by atoms with E-state index in [1.807, 2.05) is 6.92 Å². The van der Waals surface area contributed by atoms with E-state index in [-0.39, 0.29) is 29.8 Å². The highest BCUT2D eigenvalue weighted by atomic mass is 16.7. The number of carbonyl (C=O) groups excluding carboxylic acids is 2. The smallest absolute Gasteiger partial charge is 0.309 e. The number of benzene rings is 1. The molecule has 0 amide bonds. The second-order valence-electron chi connectivity index (χ2n) is 5.65. The fourth-order valence-electron chi connectivity index (χ4n) is 3.01. The number of phenols is 1. The molecule has 0 bridgehead atoms. The van der Waals surface area contributed by atoms with E-state index in [1.165, 1.54) is 6.92 Å². The topological polar surface area (TPSA) is 72.8 Å². The van der Waals surface area contributed by atoms with Gasteiger partial charge in [-0.15, -0.1) is 0 Å². The van der Waals surface area contributed by atoms with E-state index in [9.17, 15) is 14.7 Å². The standard InChI is InChI=1S/C15H16O5/c1-7-4-10(8(2)16)13(18)11-5-9-6-12(17)19-15(9,3)20-14(7)11/h4,9,18H,5-6H2,1-3H3/t9-,15-/m0/s1. The SMILES string of the molecule is CC(=O)c1cc(C)c2c(c1O)C[C@H]1CC(=O)O[C@@]1(C)O2. The molecule has 106 valence electrons. The maximum Gasteiger partial charge on any atom is 0.309 e. The Kier molecular flexibility index (Phi) is 2.58. The number of ether oxygens (including phenoxy) is 2. The Morgan fingerprint density at radius 2 is 2.10 bits per heavy atom. The van der Waals surface area contributed by atoms with Gasteiger partial charge in [-0.1, -0.05) is 0 Å². The van der Waals surface area contributed by atoms with Crippen molar-refractivity contribution < 1.29 is 24.2 Å². The third-order valence-electron chi connectivity index (χ3n) is 4.14. The van der Waals surface area contributed by atoms with Gasteiger partial charge in [0.25, 0.3) is 5.79 Å². The first-order valence-electron chi connectivity index (χ1n) is 6.59. The fourth-order valence-corrected chi connectivity index (χ4v) is 3.01. The van der Waals surface area contributed by atoms with Crippen LogP contribution in [-0.2, 0) is 16.0 Å². The average molecular weight is 276 g/mol. The lowest BCUT2D eigenvalue weighted by Gasteiger charge is -2.36. The molecule has 1 fully saturated rings. The van der Waals surface area contributed by atoms with Crippen LogP contribution in [0.4, 0.5) is 0 Å². The van der Waals surface area contributed by atoms with Crippen LogP contribution in [0, 0.1) is 12.8 Å². The highest BCUT2D eigenvalue weighted by molar-refractivity contribution is 5.98. The van der Waals surface area contributed by atoms with E-state index in [2.05, 4.69) is 0 Å². The monoisotopic (exact) mass is 276 g/mol. The molecule has 1 aromatic carbocycles. The molecule has 0 radical (unpaired) electrons. The van der Waals surface area contributed by atoms with Crippen molar-refractivity contribution in [2.24, 2.45) is 5.92 Å². The number of aromatic hydroxyl groups is 1. The molecule has 2 aliphatic rings. The first-order chi connectivity index (χ1) is 9.32. The zero-order valence-corrected chi connectivity index (χ0v) is 11.6. The van der Waals surface area contributed by atoms with Crippen LogP contribution in [0.25, 0.3) is 0 Å². The van der Waals surface area contributed by atoms with Crippen molar-refractivity contribution >= 4 is 11.8 Å². The number of rotatable bonds is 1. The molecule has 0 aromatic heterocycles. The van der Waals surface area contributed by atoms with Crippen LogP contribution < -0.4 is 4.74 Å². The van der Waals surface area contributed by atoms with Crippen LogP contribution >= 0.6 is 0 Å². The number of carbonyl (C=O) groups is 2. The number of fused-ring (bicyclic) bond motifs is 2. The molecule has 0 saturated carbocycles. The van der Waals surface area contributed by atoms with E-state index in [1.54, 1.807) is 13.0 Å². The number of aryl methyl sites for hydroxylation is 1. The molecule has 1 aromatic rings. The highest BCUT2D eigenvalue weighted by Gasteiger charge is 2.51. The third-order valence-corrected chi connectivity index (χ3v) is 4.14. The number of hydrogen-bond acceptors (Lipinski definition) is 5. The molecular formula is C15H16O5. The van der Waals surface area contributed by atoms with E-state index >= 15 is 0 Å². The van der Waals surface area contributed by atoms with Gasteiger partial charge in [0, 0.05) is 12.5 Å². The van der Waals surface area contributed by atoms with Gasteiger partial charge in [0.1, 0.15) is 11.5 Å². The van der Waals surface area contributed by atoms with Crippen LogP contribution in [0.1, 0.15) is 41.8 Å². The van der Waals surface area contributed by atoms with Crippen molar-refractivity contribution in [2.45, 2.75) is 39.4 Å². The number of esters is 1. The number of Topliss-reactive ketones (excluding diaryl/α,β-unsaturated/α-hetero) is 1. The van der Waals surface area contributed by atoms with Crippen molar-refractivity contribution in [3.63, 3.8) is 0 Å². The Bertz CT molecular complexity index is 634. The molecule has 0 spiro atoms. The van der Waals surface area contributed by atoms with E-state index in [0.29, 0.717) is 23.3 Å². The second-order valence-corrected chi connectivity index (χ2v) is 5.65. The molecule has 1 N–H and O–H groups in total. The Balaban J connectivity index is 2.14. The van der Waals surface area contributed by atoms with Gasteiger partial charge < -0.3 is 14.6 Å². The van der Waals surface area contributed by atoms with Gasteiger partial charge in [0.15, 0.2) is 5.78 Å². The maximum absolute atomic E-state index is 11.6. The fraction of sp³-hybridized carbons (Fsp3) is 0.467. The van der Waals surface area contributed by atoms with Gasteiger partial charge in [0.05, 0.1) is 17.9 Å². The largest absolute Gasteiger partial charge is 0.507 e. The van der Waals surface area contributed by atoms with Gasteiger partial charge in [0.2, 0.25) is 0 Å². The second kappa shape index (κ2) is 3.98. The van der Waals surface area contributed by atoms with Gasteiger partial charge in [-0.3, -0.25) is 9.59 Å².